The molecule has 1 fully saturated rings. The van der Waals surface area contributed by atoms with Crippen molar-refractivity contribution >= 4 is 29.1 Å². The molecule has 28 heavy (non-hydrogen) atoms. The van der Waals surface area contributed by atoms with Gasteiger partial charge in [0.1, 0.15) is 5.76 Å². The Labute approximate surface area is 169 Å². The van der Waals surface area contributed by atoms with Gasteiger partial charge in [0, 0.05) is 38.2 Å². The summed E-state index contributed by atoms with van der Waals surface area (Å²) in [7, 11) is 0. The summed E-state index contributed by atoms with van der Waals surface area (Å²) in [4.78, 5) is 28.6. The molecule has 0 unspecified atom stereocenters. The minimum Gasteiger partial charge on any atom is -0.361 e. The minimum absolute atomic E-state index is 0.105. The number of carbonyl (C=O) groups is 2. The van der Waals surface area contributed by atoms with Crippen LogP contribution < -0.4 is 5.32 Å². The molecule has 1 aliphatic heterocycles. The highest BCUT2D eigenvalue weighted by Crippen LogP contribution is 2.20. The largest absolute Gasteiger partial charge is 0.361 e. The van der Waals surface area contributed by atoms with Crippen molar-refractivity contribution < 1.29 is 14.1 Å². The van der Waals surface area contributed by atoms with Gasteiger partial charge in [0.15, 0.2) is 0 Å². The van der Waals surface area contributed by atoms with E-state index in [1.807, 2.05) is 35.8 Å². The predicted octanol–water partition coefficient (Wildman–Crippen LogP) is 2.66. The second-order valence-electron chi connectivity index (χ2n) is 6.99. The molecule has 1 saturated heterocycles. The molecule has 1 aliphatic rings. The summed E-state index contributed by atoms with van der Waals surface area (Å²) in [6, 6.07) is 7.16. The Balaban J connectivity index is 1.42. The number of amides is 2. The molecule has 2 amide bonds. The Morgan fingerprint density at radius 3 is 2.54 bits per heavy atom. The Hall–Kier alpha value is -2.38. The number of hydrogen-bond acceptors (Lipinski definition) is 5. The van der Waals surface area contributed by atoms with Gasteiger partial charge in [-0.1, -0.05) is 28.9 Å². The lowest BCUT2D eigenvalue weighted by Gasteiger charge is -2.34. The molecule has 0 saturated carbocycles. The van der Waals surface area contributed by atoms with Crippen LogP contribution in [-0.4, -0.2) is 59.5 Å². The van der Waals surface area contributed by atoms with Crippen LogP contribution in [0, 0.1) is 13.8 Å². The maximum absolute atomic E-state index is 12.5. The molecule has 0 spiro atoms. The summed E-state index contributed by atoms with van der Waals surface area (Å²) < 4.78 is 5.15. The maximum Gasteiger partial charge on any atom is 0.238 e. The first-order chi connectivity index (χ1) is 13.4. The van der Waals surface area contributed by atoms with E-state index in [2.05, 4.69) is 10.5 Å². The second kappa shape index (κ2) is 9.21. The molecule has 2 heterocycles. The topological polar surface area (TPSA) is 78.7 Å². The van der Waals surface area contributed by atoms with Gasteiger partial charge in [0.25, 0.3) is 0 Å². The maximum atomic E-state index is 12.5. The molecule has 2 aromatic rings. The Bertz CT molecular complexity index is 824. The molecular weight excluding hydrogens is 380 g/mol. The summed E-state index contributed by atoms with van der Waals surface area (Å²) in [6.45, 7) is 6.64. The Morgan fingerprint density at radius 1 is 1.18 bits per heavy atom. The normalized spacial score (nSPS) is 14.9. The van der Waals surface area contributed by atoms with Crippen molar-refractivity contribution in [3.8, 4) is 0 Å². The van der Waals surface area contributed by atoms with Gasteiger partial charge in [-0.2, -0.15) is 0 Å². The van der Waals surface area contributed by atoms with Crippen LogP contribution in [0.2, 0.25) is 5.02 Å². The first-order valence-corrected chi connectivity index (χ1v) is 9.78. The molecule has 3 rings (SSSR count). The average molecular weight is 405 g/mol. The number of hydrogen-bond donors (Lipinski definition) is 1. The van der Waals surface area contributed by atoms with Gasteiger partial charge in [0.2, 0.25) is 11.8 Å². The number of para-hydroxylation sites is 1. The van der Waals surface area contributed by atoms with Crippen molar-refractivity contribution in [2.24, 2.45) is 0 Å². The van der Waals surface area contributed by atoms with E-state index in [0.29, 0.717) is 49.7 Å². The van der Waals surface area contributed by atoms with Gasteiger partial charge < -0.3 is 14.7 Å². The van der Waals surface area contributed by atoms with Crippen LogP contribution in [0.3, 0.4) is 0 Å². The van der Waals surface area contributed by atoms with Crippen LogP contribution in [0.4, 0.5) is 5.69 Å². The fraction of sp³-hybridized carbons (Fsp3) is 0.450. The van der Waals surface area contributed by atoms with E-state index >= 15 is 0 Å². The number of aromatic nitrogens is 1. The SMILES string of the molecule is Cc1noc(C)c1CCC(=O)N1CCN(CC(=O)Nc2ccccc2Cl)CC1. The Kier molecular flexibility index (Phi) is 6.70. The lowest BCUT2D eigenvalue weighted by Crippen LogP contribution is -2.50. The van der Waals surface area contributed by atoms with Crippen molar-refractivity contribution in [2.45, 2.75) is 26.7 Å². The number of halogens is 1. The molecule has 1 aromatic carbocycles. The average Bonchev–Trinajstić information content (AvgIpc) is 3.00. The molecule has 0 aliphatic carbocycles. The summed E-state index contributed by atoms with van der Waals surface area (Å²) in [5, 5.41) is 7.27. The van der Waals surface area contributed by atoms with Crippen molar-refractivity contribution in [1.82, 2.24) is 15.0 Å². The number of aryl methyl sites for hydroxylation is 2. The van der Waals surface area contributed by atoms with E-state index in [4.69, 9.17) is 16.1 Å². The highest BCUT2D eigenvalue weighted by atomic mass is 35.5. The quantitative estimate of drug-likeness (QED) is 0.800. The monoisotopic (exact) mass is 404 g/mol. The van der Waals surface area contributed by atoms with Crippen molar-refractivity contribution in [3.05, 3.63) is 46.3 Å². The predicted molar refractivity (Wildman–Crippen MR) is 107 cm³/mol. The molecule has 7 nitrogen and oxygen atoms in total. The highest BCUT2D eigenvalue weighted by molar-refractivity contribution is 6.33. The molecule has 1 aromatic heterocycles. The number of benzene rings is 1. The lowest BCUT2D eigenvalue weighted by atomic mass is 10.1. The smallest absolute Gasteiger partial charge is 0.238 e. The number of nitrogens with zero attached hydrogens (tertiary/aromatic N) is 3. The van der Waals surface area contributed by atoms with Crippen LogP contribution in [-0.2, 0) is 16.0 Å². The molecule has 1 N–H and O–H groups in total. The van der Waals surface area contributed by atoms with Crippen molar-refractivity contribution in [1.29, 1.82) is 0 Å². The fourth-order valence-corrected chi connectivity index (χ4v) is 3.54. The van der Waals surface area contributed by atoms with Crippen LogP contribution in [0.5, 0.6) is 0 Å². The van der Waals surface area contributed by atoms with Gasteiger partial charge in [0.05, 0.1) is 22.9 Å². The molecular formula is C20H25ClN4O3. The third kappa shape index (κ3) is 5.11. The van der Waals surface area contributed by atoms with Gasteiger partial charge >= 0.3 is 0 Å². The first-order valence-electron chi connectivity index (χ1n) is 9.40. The summed E-state index contributed by atoms with van der Waals surface area (Å²) in [5.74, 6) is 0.797. The van der Waals surface area contributed by atoms with Crippen LogP contribution >= 0.6 is 11.6 Å². The minimum atomic E-state index is -0.105. The van der Waals surface area contributed by atoms with Gasteiger partial charge in [-0.25, -0.2) is 0 Å². The molecule has 8 heteroatoms. The third-order valence-electron chi connectivity index (χ3n) is 5.01. The number of rotatable bonds is 6. The lowest BCUT2D eigenvalue weighted by molar-refractivity contribution is -0.133. The molecule has 0 radical (unpaired) electrons. The first kappa shape index (κ1) is 20.4. The van der Waals surface area contributed by atoms with Crippen molar-refractivity contribution in [2.75, 3.05) is 38.0 Å². The summed E-state index contributed by atoms with van der Waals surface area (Å²) in [5.41, 5.74) is 2.48. The van der Waals surface area contributed by atoms with Crippen LogP contribution in [0.25, 0.3) is 0 Å². The second-order valence-corrected chi connectivity index (χ2v) is 7.39. The summed E-state index contributed by atoms with van der Waals surface area (Å²) >= 11 is 6.07. The molecule has 0 bridgehead atoms. The number of anilines is 1. The third-order valence-corrected chi connectivity index (χ3v) is 5.34. The number of nitrogens with one attached hydrogen (secondary N) is 1. The molecule has 0 atom stereocenters. The van der Waals surface area contributed by atoms with E-state index in [0.717, 1.165) is 17.0 Å². The van der Waals surface area contributed by atoms with Crippen LogP contribution in [0.1, 0.15) is 23.4 Å². The van der Waals surface area contributed by atoms with E-state index in [9.17, 15) is 9.59 Å². The summed E-state index contributed by atoms with van der Waals surface area (Å²) in [6.07, 6.45) is 1.08. The van der Waals surface area contributed by atoms with Gasteiger partial charge in [-0.15, -0.1) is 0 Å². The molecule has 150 valence electrons. The highest BCUT2D eigenvalue weighted by Gasteiger charge is 2.23. The van der Waals surface area contributed by atoms with E-state index < -0.39 is 0 Å². The standard InChI is InChI=1S/C20H25ClN4O3/c1-14-16(15(2)28-23-14)7-8-20(27)25-11-9-24(10-12-25)13-19(26)22-18-6-4-3-5-17(18)21/h3-6H,7-13H2,1-2H3,(H,22,26). The van der Waals surface area contributed by atoms with E-state index in [-0.39, 0.29) is 18.4 Å². The zero-order valence-electron chi connectivity index (χ0n) is 16.2. The van der Waals surface area contributed by atoms with E-state index in [1.165, 1.54) is 0 Å². The zero-order valence-corrected chi connectivity index (χ0v) is 17.0. The number of carbonyl (C=O) groups excluding carboxylic acids is 2. The van der Waals surface area contributed by atoms with Crippen LogP contribution in [0.15, 0.2) is 28.8 Å². The van der Waals surface area contributed by atoms with Gasteiger partial charge in [-0.3, -0.25) is 14.5 Å². The van der Waals surface area contributed by atoms with Gasteiger partial charge in [-0.05, 0) is 32.4 Å². The Morgan fingerprint density at radius 2 is 1.89 bits per heavy atom. The van der Waals surface area contributed by atoms with Crippen molar-refractivity contribution in [3.63, 3.8) is 0 Å². The van der Waals surface area contributed by atoms with E-state index in [1.54, 1.807) is 12.1 Å². The zero-order chi connectivity index (χ0) is 20.1. The fourth-order valence-electron chi connectivity index (χ4n) is 3.36. The number of piperazine rings is 1.